The number of carbonyl (C=O) groups is 1. The summed E-state index contributed by atoms with van der Waals surface area (Å²) in [5, 5.41) is 3.27. The molecular formula is C17H20ClN3O. The summed E-state index contributed by atoms with van der Waals surface area (Å²) in [5.74, 6) is -0.194. The zero-order chi connectivity index (χ0) is 15.9. The topological polar surface area (TPSA) is 45.2 Å². The number of nitrogens with zero attached hydrogens (tertiary/aromatic N) is 2. The van der Waals surface area contributed by atoms with Crippen LogP contribution in [-0.2, 0) is 6.42 Å². The van der Waals surface area contributed by atoms with Crippen molar-refractivity contribution in [2.45, 2.75) is 12.5 Å². The predicted octanol–water partition coefficient (Wildman–Crippen LogP) is 2.64. The van der Waals surface area contributed by atoms with Crippen molar-refractivity contribution in [3.8, 4) is 0 Å². The Bertz CT molecular complexity index is 616. The third-order valence-corrected chi connectivity index (χ3v) is 3.55. The molecule has 0 saturated carbocycles. The van der Waals surface area contributed by atoms with E-state index < -0.39 is 0 Å². The lowest BCUT2D eigenvalue weighted by Crippen LogP contribution is -2.43. The monoisotopic (exact) mass is 317 g/mol. The van der Waals surface area contributed by atoms with Crippen LogP contribution in [0.5, 0.6) is 0 Å². The molecule has 5 heteroatoms. The highest BCUT2D eigenvalue weighted by molar-refractivity contribution is 6.32. The summed E-state index contributed by atoms with van der Waals surface area (Å²) in [4.78, 5) is 18.4. The van der Waals surface area contributed by atoms with E-state index in [9.17, 15) is 4.79 Å². The van der Waals surface area contributed by atoms with E-state index in [0.717, 1.165) is 13.0 Å². The molecule has 2 rings (SSSR count). The molecule has 0 spiro atoms. The fourth-order valence-electron chi connectivity index (χ4n) is 2.32. The molecule has 2 aromatic rings. The summed E-state index contributed by atoms with van der Waals surface area (Å²) < 4.78 is 0. The van der Waals surface area contributed by atoms with Crippen molar-refractivity contribution in [3.63, 3.8) is 0 Å². The van der Waals surface area contributed by atoms with Crippen LogP contribution in [0.25, 0.3) is 0 Å². The number of carbonyl (C=O) groups excluding carboxylic acids is 1. The van der Waals surface area contributed by atoms with Gasteiger partial charge in [0.05, 0.1) is 5.56 Å². The number of rotatable bonds is 6. The molecule has 1 aromatic carbocycles. The molecule has 0 aliphatic rings. The molecular weight excluding hydrogens is 298 g/mol. The van der Waals surface area contributed by atoms with Crippen LogP contribution < -0.4 is 5.32 Å². The van der Waals surface area contributed by atoms with Crippen LogP contribution in [-0.4, -0.2) is 42.5 Å². The summed E-state index contributed by atoms with van der Waals surface area (Å²) in [6.45, 7) is 0.749. The van der Waals surface area contributed by atoms with E-state index in [2.05, 4.69) is 27.3 Å². The molecule has 116 valence electrons. The number of halogens is 1. The molecule has 1 aromatic heterocycles. The second-order valence-corrected chi connectivity index (χ2v) is 5.82. The van der Waals surface area contributed by atoms with Crippen molar-refractivity contribution in [2.75, 3.05) is 20.6 Å². The SMILES string of the molecule is CN(C)C[C@H](Cc1ccccc1)NC(=O)c1cccnc1Cl. The van der Waals surface area contributed by atoms with Gasteiger partial charge in [-0.05, 0) is 38.2 Å². The maximum Gasteiger partial charge on any atom is 0.254 e. The van der Waals surface area contributed by atoms with Gasteiger partial charge in [-0.15, -0.1) is 0 Å². The second-order valence-electron chi connectivity index (χ2n) is 5.46. The lowest BCUT2D eigenvalue weighted by atomic mass is 10.1. The number of pyridine rings is 1. The zero-order valence-corrected chi connectivity index (χ0v) is 13.5. The molecule has 1 N–H and O–H groups in total. The number of aromatic nitrogens is 1. The van der Waals surface area contributed by atoms with E-state index in [-0.39, 0.29) is 17.1 Å². The fourth-order valence-corrected chi connectivity index (χ4v) is 2.52. The molecule has 0 aliphatic heterocycles. The molecule has 4 nitrogen and oxygen atoms in total. The van der Waals surface area contributed by atoms with Crippen LogP contribution in [0.15, 0.2) is 48.7 Å². The Hall–Kier alpha value is -1.91. The summed E-state index contributed by atoms with van der Waals surface area (Å²) in [5.41, 5.74) is 1.59. The molecule has 0 fully saturated rings. The minimum atomic E-state index is -0.194. The van der Waals surface area contributed by atoms with Crippen molar-refractivity contribution in [3.05, 3.63) is 64.9 Å². The van der Waals surface area contributed by atoms with Gasteiger partial charge in [-0.3, -0.25) is 4.79 Å². The van der Waals surface area contributed by atoms with E-state index >= 15 is 0 Å². The maximum absolute atomic E-state index is 12.4. The van der Waals surface area contributed by atoms with Crippen LogP contribution in [0.1, 0.15) is 15.9 Å². The summed E-state index contributed by atoms with van der Waals surface area (Å²) in [6, 6.07) is 13.5. The number of likely N-dealkylation sites (N-methyl/N-ethyl adjacent to an activating group) is 1. The van der Waals surface area contributed by atoms with E-state index in [0.29, 0.717) is 5.56 Å². The Morgan fingerprint density at radius 1 is 1.23 bits per heavy atom. The number of hydrogen-bond donors (Lipinski definition) is 1. The molecule has 1 atom stereocenters. The fraction of sp³-hybridized carbons (Fsp3) is 0.294. The molecule has 0 radical (unpaired) electrons. The molecule has 1 amide bonds. The number of amides is 1. The number of nitrogens with one attached hydrogen (secondary N) is 1. The first-order valence-electron chi connectivity index (χ1n) is 7.16. The van der Waals surface area contributed by atoms with E-state index in [1.807, 2.05) is 32.3 Å². The van der Waals surface area contributed by atoms with Gasteiger partial charge < -0.3 is 10.2 Å². The van der Waals surface area contributed by atoms with Crippen molar-refractivity contribution < 1.29 is 4.79 Å². The van der Waals surface area contributed by atoms with Crippen LogP contribution in [0, 0.1) is 0 Å². The predicted molar refractivity (Wildman–Crippen MR) is 89.2 cm³/mol. The molecule has 0 bridgehead atoms. The Morgan fingerprint density at radius 3 is 2.59 bits per heavy atom. The molecule has 0 aliphatic carbocycles. The van der Waals surface area contributed by atoms with Gasteiger partial charge >= 0.3 is 0 Å². The average molecular weight is 318 g/mol. The Labute approximate surface area is 136 Å². The quantitative estimate of drug-likeness (QED) is 0.833. The maximum atomic E-state index is 12.4. The van der Waals surface area contributed by atoms with Crippen LogP contribution in [0.4, 0.5) is 0 Å². The van der Waals surface area contributed by atoms with Gasteiger partial charge in [0.15, 0.2) is 0 Å². The van der Waals surface area contributed by atoms with Crippen molar-refractivity contribution in [2.24, 2.45) is 0 Å². The van der Waals surface area contributed by atoms with Crippen molar-refractivity contribution in [1.29, 1.82) is 0 Å². The van der Waals surface area contributed by atoms with Gasteiger partial charge in [0.1, 0.15) is 5.15 Å². The van der Waals surface area contributed by atoms with E-state index in [4.69, 9.17) is 11.6 Å². The van der Waals surface area contributed by atoms with Gasteiger partial charge in [0.2, 0.25) is 0 Å². The summed E-state index contributed by atoms with van der Waals surface area (Å²) in [7, 11) is 3.97. The minimum Gasteiger partial charge on any atom is -0.348 e. The van der Waals surface area contributed by atoms with E-state index in [1.54, 1.807) is 18.3 Å². The Kier molecular flexibility index (Phi) is 5.92. The van der Waals surface area contributed by atoms with Gasteiger partial charge in [-0.1, -0.05) is 41.9 Å². The van der Waals surface area contributed by atoms with Gasteiger partial charge in [-0.25, -0.2) is 4.98 Å². The smallest absolute Gasteiger partial charge is 0.254 e. The highest BCUT2D eigenvalue weighted by atomic mass is 35.5. The molecule has 22 heavy (non-hydrogen) atoms. The third kappa shape index (κ3) is 4.83. The standard InChI is InChI=1S/C17H20ClN3O/c1-21(2)12-14(11-13-7-4-3-5-8-13)20-17(22)15-9-6-10-19-16(15)18/h3-10,14H,11-12H2,1-2H3,(H,20,22)/t14-/m0/s1. The number of benzene rings is 1. The van der Waals surface area contributed by atoms with Gasteiger partial charge in [0.25, 0.3) is 5.91 Å². The van der Waals surface area contributed by atoms with Gasteiger partial charge in [-0.2, -0.15) is 0 Å². The molecule has 1 heterocycles. The van der Waals surface area contributed by atoms with Crippen LogP contribution >= 0.6 is 11.6 Å². The normalized spacial score (nSPS) is 12.2. The first kappa shape index (κ1) is 16.5. The minimum absolute atomic E-state index is 0.00109. The van der Waals surface area contributed by atoms with Crippen molar-refractivity contribution in [1.82, 2.24) is 15.2 Å². The third-order valence-electron chi connectivity index (χ3n) is 3.25. The highest BCUT2D eigenvalue weighted by Crippen LogP contribution is 2.12. The Morgan fingerprint density at radius 2 is 1.95 bits per heavy atom. The summed E-state index contributed by atoms with van der Waals surface area (Å²) >= 11 is 5.99. The number of hydrogen-bond acceptors (Lipinski definition) is 3. The lowest BCUT2D eigenvalue weighted by Gasteiger charge is -2.22. The first-order valence-corrected chi connectivity index (χ1v) is 7.54. The highest BCUT2D eigenvalue weighted by Gasteiger charge is 2.17. The average Bonchev–Trinajstić information content (AvgIpc) is 2.48. The second kappa shape index (κ2) is 7.92. The molecule has 0 saturated heterocycles. The zero-order valence-electron chi connectivity index (χ0n) is 12.8. The van der Waals surface area contributed by atoms with Crippen molar-refractivity contribution >= 4 is 17.5 Å². The first-order chi connectivity index (χ1) is 10.6. The Balaban J connectivity index is 2.09. The van der Waals surface area contributed by atoms with Crippen LogP contribution in [0.2, 0.25) is 5.15 Å². The molecule has 0 unspecified atom stereocenters. The van der Waals surface area contributed by atoms with Gasteiger partial charge in [0, 0.05) is 18.8 Å². The summed E-state index contributed by atoms with van der Waals surface area (Å²) in [6.07, 6.45) is 2.34. The largest absolute Gasteiger partial charge is 0.348 e. The van der Waals surface area contributed by atoms with E-state index in [1.165, 1.54) is 5.56 Å². The van der Waals surface area contributed by atoms with Crippen LogP contribution in [0.3, 0.4) is 0 Å². The lowest BCUT2D eigenvalue weighted by molar-refractivity contribution is 0.0930.